The van der Waals surface area contributed by atoms with Gasteiger partial charge in [-0.1, -0.05) is 60.7 Å². The third-order valence-corrected chi connectivity index (χ3v) is 4.80. The molecule has 0 saturated heterocycles. The van der Waals surface area contributed by atoms with Crippen molar-refractivity contribution in [1.82, 2.24) is 9.97 Å². The molecule has 0 radical (unpaired) electrons. The number of nitrogens with two attached hydrogens (primary N) is 1. The minimum Gasteiger partial charge on any atom is -0.353 e. The predicted octanol–water partition coefficient (Wildman–Crippen LogP) is 5.00. The number of rotatable bonds is 2. The highest BCUT2D eigenvalue weighted by molar-refractivity contribution is 6.13. The van der Waals surface area contributed by atoms with Crippen molar-refractivity contribution in [3.63, 3.8) is 0 Å². The Balaban J connectivity index is 1.95. The van der Waals surface area contributed by atoms with Crippen molar-refractivity contribution < 1.29 is 0 Å². The Kier molecular flexibility index (Phi) is 3.08. The number of aromatic nitrogens is 2. The van der Waals surface area contributed by atoms with E-state index >= 15 is 0 Å². The average Bonchev–Trinajstić information content (AvgIpc) is 3.05. The fraction of sp³-hybridized carbons (Fsp3) is 0.0455. The van der Waals surface area contributed by atoms with Gasteiger partial charge in [0.2, 0.25) is 0 Å². The lowest BCUT2D eigenvalue weighted by Gasteiger charge is -2.09. The van der Waals surface area contributed by atoms with Crippen molar-refractivity contribution in [3.8, 4) is 11.3 Å². The highest BCUT2D eigenvalue weighted by Crippen LogP contribution is 2.35. The summed E-state index contributed by atoms with van der Waals surface area (Å²) in [7, 11) is 0. The predicted molar refractivity (Wildman–Crippen MR) is 104 cm³/mol. The van der Waals surface area contributed by atoms with E-state index < -0.39 is 0 Å². The molecular weight excluding hydrogens is 306 g/mol. The van der Waals surface area contributed by atoms with Gasteiger partial charge in [-0.25, -0.2) is 4.98 Å². The van der Waals surface area contributed by atoms with E-state index in [-0.39, 0.29) is 0 Å². The topological polar surface area (TPSA) is 54.7 Å². The molecule has 120 valence electrons. The van der Waals surface area contributed by atoms with Gasteiger partial charge in [0.05, 0.1) is 16.9 Å². The first-order valence-electron chi connectivity index (χ1n) is 8.44. The molecule has 0 aliphatic carbocycles. The van der Waals surface area contributed by atoms with Crippen molar-refractivity contribution in [3.05, 3.63) is 78.5 Å². The summed E-state index contributed by atoms with van der Waals surface area (Å²) in [5.74, 6) is 0. The van der Waals surface area contributed by atoms with Crippen molar-refractivity contribution in [1.29, 1.82) is 0 Å². The van der Waals surface area contributed by atoms with Gasteiger partial charge >= 0.3 is 0 Å². The van der Waals surface area contributed by atoms with Gasteiger partial charge in [-0.15, -0.1) is 0 Å². The van der Waals surface area contributed by atoms with E-state index in [1.165, 1.54) is 21.5 Å². The smallest absolute Gasteiger partial charge is 0.0953 e. The zero-order valence-corrected chi connectivity index (χ0v) is 13.7. The molecule has 0 aliphatic rings. The summed E-state index contributed by atoms with van der Waals surface area (Å²) in [4.78, 5) is 8.44. The largest absolute Gasteiger partial charge is 0.353 e. The van der Waals surface area contributed by atoms with Crippen molar-refractivity contribution in [2.24, 2.45) is 5.73 Å². The standard InChI is InChI=1S/C22H17N3/c23-13-15-12-19-17-9-3-4-11-20(17)25-22(19)21(24-15)18-10-5-7-14-6-1-2-8-16(14)18/h1-12,25H,13,23H2. The van der Waals surface area contributed by atoms with Gasteiger partial charge < -0.3 is 10.7 Å². The lowest BCUT2D eigenvalue weighted by Crippen LogP contribution is -2.01. The maximum Gasteiger partial charge on any atom is 0.0953 e. The zero-order valence-electron chi connectivity index (χ0n) is 13.7. The highest BCUT2D eigenvalue weighted by atomic mass is 14.8. The normalized spacial score (nSPS) is 11.6. The van der Waals surface area contributed by atoms with E-state index in [0.717, 1.165) is 28.0 Å². The molecule has 25 heavy (non-hydrogen) atoms. The molecule has 0 unspecified atom stereocenters. The van der Waals surface area contributed by atoms with Crippen LogP contribution in [0.15, 0.2) is 72.8 Å². The fourth-order valence-corrected chi connectivity index (χ4v) is 3.63. The first-order valence-corrected chi connectivity index (χ1v) is 8.44. The molecule has 3 heteroatoms. The number of aromatic amines is 1. The molecule has 0 spiro atoms. The Bertz CT molecular complexity index is 1230. The zero-order chi connectivity index (χ0) is 16.8. The molecular formula is C22H17N3. The van der Waals surface area contributed by atoms with Crippen LogP contribution in [-0.4, -0.2) is 9.97 Å². The fourth-order valence-electron chi connectivity index (χ4n) is 3.63. The maximum absolute atomic E-state index is 5.94. The number of nitrogens with zero attached hydrogens (tertiary/aromatic N) is 1. The third-order valence-electron chi connectivity index (χ3n) is 4.80. The van der Waals surface area contributed by atoms with Crippen LogP contribution in [0.5, 0.6) is 0 Å². The quantitative estimate of drug-likeness (QED) is 0.480. The molecule has 0 bridgehead atoms. The Hall–Kier alpha value is -3.17. The van der Waals surface area contributed by atoms with Crippen LogP contribution >= 0.6 is 0 Å². The summed E-state index contributed by atoms with van der Waals surface area (Å²) in [5.41, 5.74) is 11.1. The summed E-state index contributed by atoms with van der Waals surface area (Å²) in [5, 5.41) is 4.79. The summed E-state index contributed by atoms with van der Waals surface area (Å²) in [6, 6.07) is 25.2. The molecule has 3 aromatic carbocycles. The minimum absolute atomic E-state index is 0.424. The molecule has 0 amide bonds. The average molecular weight is 323 g/mol. The minimum atomic E-state index is 0.424. The number of fused-ring (bicyclic) bond motifs is 4. The van der Waals surface area contributed by atoms with E-state index in [0.29, 0.717) is 6.54 Å². The van der Waals surface area contributed by atoms with Crippen LogP contribution in [0.4, 0.5) is 0 Å². The van der Waals surface area contributed by atoms with Gasteiger partial charge in [0.15, 0.2) is 0 Å². The van der Waals surface area contributed by atoms with Crippen LogP contribution in [0.2, 0.25) is 0 Å². The summed E-state index contributed by atoms with van der Waals surface area (Å²) in [6.45, 7) is 0.424. The van der Waals surface area contributed by atoms with Crippen molar-refractivity contribution in [2.75, 3.05) is 0 Å². The number of H-pyrrole nitrogens is 1. The number of benzene rings is 3. The van der Waals surface area contributed by atoms with E-state index in [4.69, 9.17) is 10.7 Å². The number of hydrogen-bond donors (Lipinski definition) is 2. The van der Waals surface area contributed by atoms with Gasteiger partial charge in [-0.05, 0) is 22.9 Å². The Morgan fingerprint density at radius 2 is 1.56 bits per heavy atom. The van der Waals surface area contributed by atoms with Crippen LogP contribution in [0.1, 0.15) is 5.69 Å². The molecule has 0 atom stereocenters. The third kappa shape index (κ3) is 2.13. The lowest BCUT2D eigenvalue weighted by atomic mass is 10.00. The SMILES string of the molecule is NCc1cc2c([nH]c3ccccc32)c(-c2cccc3ccccc23)n1. The van der Waals surface area contributed by atoms with E-state index in [1.54, 1.807) is 0 Å². The summed E-state index contributed by atoms with van der Waals surface area (Å²) < 4.78 is 0. The monoisotopic (exact) mass is 323 g/mol. The van der Waals surface area contributed by atoms with Crippen LogP contribution in [0.25, 0.3) is 43.8 Å². The summed E-state index contributed by atoms with van der Waals surface area (Å²) in [6.07, 6.45) is 0. The Morgan fingerprint density at radius 3 is 2.44 bits per heavy atom. The number of pyridine rings is 1. The highest BCUT2D eigenvalue weighted by Gasteiger charge is 2.14. The summed E-state index contributed by atoms with van der Waals surface area (Å²) >= 11 is 0. The van der Waals surface area contributed by atoms with E-state index in [1.807, 2.05) is 6.07 Å². The first-order chi connectivity index (χ1) is 12.3. The number of para-hydroxylation sites is 1. The van der Waals surface area contributed by atoms with Crippen LogP contribution < -0.4 is 5.73 Å². The number of nitrogens with one attached hydrogen (secondary N) is 1. The Labute approximate surface area is 145 Å². The second-order valence-electron chi connectivity index (χ2n) is 6.29. The van der Waals surface area contributed by atoms with Gasteiger partial charge in [0.1, 0.15) is 0 Å². The van der Waals surface area contributed by atoms with Crippen LogP contribution in [0.3, 0.4) is 0 Å². The molecule has 3 N–H and O–H groups in total. The van der Waals surface area contributed by atoms with Crippen molar-refractivity contribution in [2.45, 2.75) is 6.54 Å². The molecule has 5 aromatic rings. The molecule has 5 rings (SSSR count). The molecule has 2 heterocycles. The molecule has 2 aromatic heterocycles. The molecule has 0 aliphatic heterocycles. The van der Waals surface area contributed by atoms with Gasteiger partial charge in [-0.3, -0.25) is 0 Å². The first kappa shape index (κ1) is 14.2. The van der Waals surface area contributed by atoms with Crippen LogP contribution in [-0.2, 0) is 6.54 Å². The van der Waals surface area contributed by atoms with E-state index in [9.17, 15) is 0 Å². The van der Waals surface area contributed by atoms with Gasteiger partial charge in [0.25, 0.3) is 0 Å². The molecule has 0 saturated carbocycles. The van der Waals surface area contributed by atoms with Gasteiger partial charge in [0, 0.05) is 28.4 Å². The Morgan fingerprint density at radius 1 is 0.800 bits per heavy atom. The second kappa shape index (κ2) is 5.43. The molecule has 3 nitrogen and oxygen atoms in total. The van der Waals surface area contributed by atoms with Gasteiger partial charge in [-0.2, -0.15) is 0 Å². The van der Waals surface area contributed by atoms with E-state index in [2.05, 4.69) is 71.7 Å². The van der Waals surface area contributed by atoms with Crippen LogP contribution in [0, 0.1) is 0 Å². The van der Waals surface area contributed by atoms with Crippen molar-refractivity contribution >= 4 is 32.6 Å². The lowest BCUT2D eigenvalue weighted by molar-refractivity contribution is 1.00. The number of hydrogen-bond acceptors (Lipinski definition) is 2. The maximum atomic E-state index is 5.94. The molecule has 0 fully saturated rings. The second-order valence-corrected chi connectivity index (χ2v) is 6.29.